The molecule has 5 heteroatoms. The van der Waals surface area contributed by atoms with Gasteiger partial charge in [-0.1, -0.05) is 12.1 Å². The topological polar surface area (TPSA) is 34.2 Å². The van der Waals surface area contributed by atoms with Gasteiger partial charge >= 0.3 is 0 Å². The van der Waals surface area contributed by atoms with Crippen LogP contribution in [0.25, 0.3) is 0 Å². The number of aromatic nitrogens is 1. The van der Waals surface area contributed by atoms with Crippen LogP contribution in [0.3, 0.4) is 0 Å². The summed E-state index contributed by atoms with van der Waals surface area (Å²) in [5, 5.41) is 2.56. The molecule has 0 aliphatic rings. The maximum atomic E-state index is 13.8. The first-order valence-corrected chi connectivity index (χ1v) is 6.22. The van der Waals surface area contributed by atoms with Crippen molar-refractivity contribution in [3.8, 4) is 11.6 Å². The molecule has 2 aromatic rings. The van der Waals surface area contributed by atoms with Crippen LogP contribution in [-0.4, -0.2) is 12.0 Å². The third-order valence-corrected chi connectivity index (χ3v) is 3.21. The third kappa shape index (κ3) is 2.57. The average Bonchev–Trinajstić information content (AvgIpc) is 2.41. The van der Waals surface area contributed by atoms with Gasteiger partial charge < -0.3 is 10.1 Å². The van der Waals surface area contributed by atoms with E-state index in [1.165, 1.54) is 7.05 Å². The van der Waals surface area contributed by atoms with Gasteiger partial charge in [-0.2, -0.15) is 4.98 Å². The molecule has 0 spiro atoms. The first kappa shape index (κ1) is 14.2. The van der Waals surface area contributed by atoms with Gasteiger partial charge in [0.15, 0.2) is 17.5 Å². The zero-order valence-corrected chi connectivity index (χ0v) is 11.8. The highest BCUT2D eigenvalue weighted by atomic mass is 19.1. The van der Waals surface area contributed by atoms with Gasteiger partial charge in [-0.25, -0.2) is 8.78 Å². The molecule has 0 atom stereocenters. The van der Waals surface area contributed by atoms with Crippen LogP contribution in [0.2, 0.25) is 0 Å². The molecule has 1 N–H and O–H groups in total. The van der Waals surface area contributed by atoms with E-state index in [9.17, 15) is 8.78 Å². The number of ether oxygens (including phenoxy) is 1. The molecule has 0 aliphatic heterocycles. The number of anilines is 1. The van der Waals surface area contributed by atoms with Crippen LogP contribution in [0, 0.1) is 32.4 Å². The summed E-state index contributed by atoms with van der Waals surface area (Å²) < 4.78 is 32.7. The summed E-state index contributed by atoms with van der Waals surface area (Å²) in [6.45, 7) is 5.69. The number of benzene rings is 1. The number of halogens is 2. The summed E-state index contributed by atoms with van der Waals surface area (Å²) in [4.78, 5) is 3.81. The van der Waals surface area contributed by atoms with Gasteiger partial charge in [0.25, 0.3) is 5.88 Å². The third-order valence-electron chi connectivity index (χ3n) is 3.21. The summed E-state index contributed by atoms with van der Waals surface area (Å²) in [6.07, 6.45) is 0. The number of nitrogens with one attached hydrogen (secondary N) is 1. The van der Waals surface area contributed by atoms with E-state index < -0.39 is 11.6 Å². The van der Waals surface area contributed by atoms with Gasteiger partial charge in [0, 0.05) is 13.1 Å². The predicted octanol–water partition coefficient (Wildman–Crippen LogP) is 4.12. The Kier molecular flexibility index (Phi) is 3.88. The monoisotopic (exact) mass is 278 g/mol. The second-order valence-electron chi connectivity index (χ2n) is 4.61. The minimum absolute atomic E-state index is 0.0515. The van der Waals surface area contributed by atoms with Crippen LogP contribution < -0.4 is 10.1 Å². The molecular formula is C15H16F2N2O. The molecule has 106 valence electrons. The normalized spacial score (nSPS) is 10.5. The first-order valence-electron chi connectivity index (χ1n) is 6.22. The number of rotatable bonds is 3. The fourth-order valence-corrected chi connectivity index (χ4v) is 1.88. The molecule has 0 unspecified atom stereocenters. The Morgan fingerprint density at radius 1 is 1.05 bits per heavy atom. The lowest BCUT2D eigenvalue weighted by atomic mass is 10.1. The molecule has 0 bridgehead atoms. The highest BCUT2D eigenvalue weighted by Gasteiger charge is 2.15. The minimum Gasteiger partial charge on any atom is -0.436 e. The number of pyridine rings is 1. The van der Waals surface area contributed by atoms with Crippen LogP contribution in [0.4, 0.5) is 14.6 Å². The van der Waals surface area contributed by atoms with E-state index in [0.717, 1.165) is 22.8 Å². The molecule has 20 heavy (non-hydrogen) atoms. The Morgan fingerprint density at radius 2 is 1.70 bits per heavy atom. The highest BCUT2D eigenvalue weighted by molar-refractivity contribution is 5.47. The van der Waals surface area contributed by atoms with E-state index in [2.05, 4.69) is 10.3 Å². The Labute approximate surface area is 116 Å². The largest absolute Gasteiger partial charge is 0.436 e. The van der Waals surface area contributed by atoms with Crippen LogP contribution in [0.1, 0.15) is 16.7 Å². The Morgan fingerprint density at radius 3 is 2.35 bits per heavy atom. The Bertz CT molecular complexity index is 657. The number of nitrogens with zero attached hydrogens (tertiary/aromatic N) is 1. The number of hydrogen-bond donors (Lipinski definition) is 1. The molecule has 3 nitrogen and oxygen atoms in total. The summed E-state index contributed by atoms with van der Waals surface area (Å²) >= 11 is 0. The van der Waals surface area contributed by atoms with Crippen molar-refractivity contribution in [2.75, 3.05) is 12.4 Å². The van der Waals surface area contributed by atoms with Gasteiger partial charge in [0.2, 0.25) is 0 Å². The van der Waals surface area contributed by atoms with Gasteiger partial charge in [0.1, 0.15) is 5.75 Å². The van der Waals surface area contributed by atoms with Gasteiger partial charge in [-0.15, -0.1) is 0 Å². The van der Waals surface area contributed by atoms with Crippen molar-refractivity contribution in [1.82, 2.24) is 4.98 Å². The van der Waals surface area contributed by atoms with Crippen molar-refractivity contribution in [2.45, 2.75) is 20.8 Å². The number of hydrogen-bond acceptors (Lipinski definition) is 3. The summed E-state index contributed by atoms with van der Waals surface area (Å²) in [6, 6.07) is 4.61. The molecule has 0 radical (unpaired) electrons. The Hall–Kier alpha value is -2.17. The van der Waals surface area contributed by atoms with Crippen LogP contribution >= 0.6 is 0 Å². The lowest BCUT2D eigenvalue weighted by molar-refractivity contribution is 0.413. The van der Waals surface area contributed by atoms with E-state index in [0.29, 0.717) is 5.75 Å². The molecule has 2 rings (SSSR count). The molecule has 1 aromatic heterocycles. The fraction of sp³-hybridized carbons (Fsp3) is 0.267. The second-order valence-corrected chi connectivity index (χ2v) is 4.61. The molecular weight excluding hydrogens is 262 g/mol. The maximum Gasteiger partial charge on any atom is 0.258 e. The number of aryl methyl sites for hydroxylation is 2. The molecule has 0 fully saturated rings. The predicted molar refractivity (Wildman–Crippen MR) is 74.4 cm³/mol. The lowest BCUT2D eigenvalue weighted by Gasteiger charge is -2.14. The smallest absolute Gasteiger partial charge is 0.258 e. The van der Waals surface area contributed by atoms with Crippen molar-refractivity contribution in [2.24, 2.45) is 0 Å². The van der Waals surface area contributed by atoms with Crippen LogP contribution in [0.5, 0.6) is 11.6 Å². The lowest BCUT2D eigenvalue weighted by Crippen LogP contribution is -2.02. The van der Waals surface area contributed by atoms with Crippen molar-refractivity contribution in [1.29, 1.82) is 0 Å². The standard InChI is InChI=1S/C15H16F2N2O/c1-8-5-6-9(2)13(10(8)3)20-15-12(17)7-11(16)14(18-4)19-15/h5-7H,1-4H3,(H,18,19). The zero-order valence-electron chi connectivity index (χ0n) is 11.8. The molecule has 0 aliphatic carbocycles. The summed E-state index contributed by atoms with van der Waals surface area (Å²) in [7, 11) is 1.51. The van der Waals surface area contributed by atoms with Crippen molar-refractivity contribution >= 4 is 5.82 Å². The second kappa shape index (κ2) is 5.45. The maximum absolute atomic E-state index is 13.8. The van der Waals surface area contributed by atoms with Crippen molar-refractivity contribution < 1.29 is 13.5 Å². The quantitative estimate of drug-likeness (QED) is 0.917. The van der Waals surface area contributed by atoms with Gasteiger partial charge in [-0.05, 0) is 37.5 Å². The van der Waals surface area contributed by atoms with E-state index in [1.807, 2.05) is 32.9 Å². The van der Waals surface area contributed by atoms with Crippen molar-refractivity contribution in [3.05, 3.63) is 46.5 Å². The average molecular weight is 278 g/mol. The summed E-state index contributed by atoms with van der Waals surface area (Å²) in [5.74, 6) is -1.33. The van der Waals surface area contributed by atoms with Crippen LogP contribution in [-0.2, 0) is 0 Å². The molecule has 1 aromatic carbocycles. The van der Waals surface area contributed by atoms with Gasteiger partial charge in [0.05, 0.1) is 0 Å². The van der Waals surface area contributed by atoms with Crippen molar-refractivity contribution in [3.63, 3.8) is 0 Å². The summed E-state index contributed by atoms with van der Waals surface area (Å²) in [5.41, 5.74) is 2.80. The molecule has 0 saturated heterocycles. The first-order chi connectivity index (χ1) is 9.43. The fourth-order valence-electron chi connectivity index (χ4n) is 1.88. The Balaban J connectivity index is 2.48. The van der Waals surface area contributed by atoms with E-state index in [4.69, 9.17) is 4.74 Å². The van der Waals surface area contributed by atoms with Gasteiger partial charge in [-0.3, -0.25) is 0 Å². The van der Waals surface area contributed by atoms with E-state index in [1.54, 1.807) is 0 Å². The molecule has 1 heterocycles. The SMILES string of the molecule is CNc1nc(Oc2c(C)ccc(C)c2C)c(F)cc1F. The zero-order chi connectivity index (χ0) is 14.9. The molecule has 0 amide bonds. The molecule has 0 saturated carbocycles. The minimum atomic E-state index is -0.832. The van der Waals surface area contributed by atoms with Crippen LogP contribution in [0.15, 0.2) is 18.2 Å². The highest BCUT2D eigenvalue weighted by Crippen LogP contribution is 2.32. The van der Waals surface area contributed by atoms with E-state index in [-0.39, 0.29) is 11.7 Å². The van der Waals surface area contributed by atoms with E-state index >= 15 is 0 Å².